The van der Waals surface area contributed by atoms with Crippen LogP contribution in [0.25, 0.3) is 0 Å². The van der Waals surface area contributed by atoms with Gasteiger partial charge in [0.1, 0.15) is 11.2 Å². The average molecular weight is 399 g/mol. The summed E-state index contributed by atoms with van der Waals surface area (Å²) in [5.74, 6) is 1.05. The Bertz CT molecular complexity index is 886. The van der Waals surface area contributed by atoms with Crippen LogP contribution in [0.4, 0.5) is 0 Å². The molecular formula is C22H25NO6. The van der Waals surface area contributed by atoms with Gasteiger partial charge in [-0.25, -0.2) is 0 Å². The minimum absolute atomic E-state index is 0.186. The summed E-state index contributed by atoms with van der Waals surface area (Å²) in [6.45, 7) is 1.55. The number of ether oxygens (including phenoxy) is 3. The lowest BCUT2D eigenvalue weighted by Crippen LogP contribution is -2.55. The number of β-amino-alcohol motifs (C(OH)–C–C–N with tert-alkyl or cyclic N) is 1. The van der Waals surface area contributed by atoms with E-state index in [0.29, 0.717) is 43.2 Å². The predicted molar refractivity (Wildman–Crippen MR) is 105 cm³/mol. The number of aliphatic carboxylic acids is 1. The predicted octanol–water partition coefficient (Wildman–Crippen LogP) is 2.30. The van der Waals surface area contributed by atoms with Gasteiger partial charge in [0, 0.05) is 24.7 Å². The van der Waals surface area contributed by atoms with Crippen LogP contribution >= 0.6 is 0 Å². The Hall–Kier alpha value is -2.77. The number of carboxylic acids is 1. The van der Waals surface area contributed by atoms with E-state index in [-0.39, 0.29) is 13.3 Å². The number of aliphatic hydroxyl groups is 1. The summed E-state index contributed by atoms with van der Waals surface area (Å²) in [6.07, 6.45) is -0.300. The molecule has 0 saturated carbocycles. The van der Waals surface area contributed by atoms with E-state index in [1.807, 2.05) is 36.4 Å². The molecule has 4 rings (SSSR count). The van der Waals surface area contributed by atoms with Crippen molar-refractivity contribution in [2.24, 2.45) is 5.41 Å². The van der Waals surface area contributed by atoms with Gasteiger partial charge in [0.2, 0.25) is 6.79 Å². The van der Waals surface area contributed by atoms with Gasteiger partial charge in [0.15, 0.2) is 11.5 Å². The second kappa shape index (κ2) is 7.93. The maximum atomic E-state index is 12.2. The van der Waals surface area contributed by atoms with Gasteiger partial charge in [0.05, 0.1) is 13.2 Å². The first-order valence-corrected chi connectivity index (χ1v) is 9.66. The molecule has 0 aromatic heterocycles. The number of likely N-dealkylation sites (tertiary alicyclic amines) is 1. The average Bonchev–Trinajstić information content (AvgIpc) is 3.17. The van der Waals surface area contributed by atoms with Crippen molar-refractivity contribution in [3.8, 4) is 17.2 Å². The zero-order chi connectivity index (χ0) is 20.4. The van der Waals surface area contributed by atoms with Crippen molar-refractivity contribution >= 4 is 5.97 Å². The van der Waals surface area contributed by atoms with Gasteiger partial charge in [-0.05, 0) is 31.0 Å². The lowest BCUT2D eigenvalue weighted by Gasteiger charge is -2.43. The van der Waals surface area contributed by atoms with E-state index in [4.69, 9.17) is 14.2 Å². The summed E-state index contributed by atoms with van der Waals surface area (Å²) in [5, 5.41) is 20.8. The van der Waals surface area contributed by atoms with E-state index in [0.717, 1.165) is 11.1 Å². The maximum absolute atomic E-state index is 12.2. The minimum atomic E-state index is -1.18. The fourth-order valence-corrected chi connectivity index (χ4v) is 4.19. The highest BCUT2D eigenvalue weighted by molar-refractivity contribution is 5.76. The van der Waals surface area contributed by atoms with Crippen molar-refractivity contribution in [3.63, 3.8) is 0 Å². The summed E-state index contributed by atoms with van der Waals surface area (Å²) >= 11 is 0. The lowest BCUT2D eigenvalue weighted by atomic mass is 9.71. The Morgan fingerprint density at radius 2 is 1.97 bits per heavy atom. The van der Waals surface area contributed by atoms with Crippen LogP contribution in [0, 0.1) is 5.41 Å². The van der Waals surface area contributed by atoms with Gasteiger partial charge in [0.25, 0.3) is 0 Å². The molecule has 1 saturated heterocycles. The first kappa shape index (κ1) is 19.5. The summed E-state index contributed by atoms with van der Waals surface area (Å²) in [6, 6.07) is 13.2. The van der Waals surface area contributed by atoms with Crippen molar-refractivity contribution in [1.82, 2.24) is 4.90 Å². The monoisotopic (exact) mass is 399 g/mol. The number of piperidine rings is 1. The van der Waals surface area contributed by atoms with Crippen LogP contribution < -0.4 is 14.2 Å². The van der Waals surface area contributed by atoms with Gasteiger partial charge in [-0.3, -0.25) is 9.69 Å². The van der Waals surface area contributed by atoms with Crippen molar-refractivity contribution in [2.75, 3.05) is 27.0 Å². The molecule has 2 aromatic carbocycles. The third kappa shape index (κ3) is 3.75. The van der Waals surface area contributed by atoms with Gasteiger partial charge < -0.3 is 24.4 Å². The quantitative estimate of drug-likeness (QED) is 0.771. The van der Waals surface area contributed by atoms with Crippen LogP contribution in [-0.4, -0.2) is 54.2 Å². The number of carbonyl (C=O) groups is 1. The van der Waals surface area contributed by atoms with Crippen LogP contribution in [0.15, 0.2) is 42.5 Å². The molecule has 2 aliphatic heterocycles. The number of hydrogen-bond donors (Lipinski definition) is 2. The Balaban J connectivity index is 1.50. The second-order valence-corrected chi connectivity index (χ2v) is 7.64. The fraction of sp³-hybridized carbons (Fsp3) is 0.409. The number of nitrogens with zero attached hydrogens (tertiary/aromatic N) is 1. The molecule has 154 valence electrons. The van der Waals surface area contributed by atoms with E-state index in [1.54, 1.807) is 13.2 Å². The van der Waals surface area contributed by atoms with Gasteiger partial charge in [-0.1, -0.05) is 30.3 Å². The largest absolute Gasteiger partial charge is 0.496 e. The Morgan fingerprint density at radius 3 is 2.62 bits per heavy atom. The first-order valence-electron chi connectivity index (χ1n) is 9.66. The van der Waals surface area contributed by atoms with E-state index in [9.17, 15) is 15.0 Å². The smallest absolute Gasteiger partial charge is 0.312 e. The maximum Gasteiger partial charge on any atom is 0.312 e. The number of carboxylic acid groups (broad SMARTS) is 1. The zero-order valence-electron chi connectivity index (χ0n) is 16.3. The Kier molecular flexibility index (Phi) is 5.34. The van der Waals surface area contributed by atoms with Crippen molar-refractivity contribution in [3.05, 3.63) is 53.6 Å². The molecule has 29 heavy (non-hydrogen) atoms. The number of fused-ring (bicyclic) bond motifs is 1. The summed E-state index contributed by atoms with van der Waals surface area (Å²) in [5.41, 5.74) is 0.645. The Labute approximate surface area is 169 Å². The molecule has 2 atom stereocenters. The number of benzene rings is 2. The standard InChI is InChI=1S/C22H25NO6/c1-27-17-10-19-18(28-14-29-19)9-16(17)12-23-8-7-22(21(25)26,20(24)13-23)11-15-5-3-2-4-6-15/h2-6,9-10,20,24H,7-8,11-14H2,1H3,(H,25,26)/t20-,22-/m1/s1. The molecule has 2 N–H and O–H groups in total. The highest BCUT2D eigenvalue weighted by Crippen LogP contribution is 2.40. The molecule has 1 fully saturated rings. The Morgan fingerprint density at radius 1 is 1.24 bits per heavy atom. The molecular weight excluding hydrogens is 374 g/mol. The second-order valence-electron chi connectivity index (χ2n) is 7.64. The van der Waals surface area contributed by atoms with Gasteiger partial charge in [-0.2, -0.15) is 0 Å². The number of hydrogen-bond acceptors (Lipinski definition) is 6. The molecule has 0 spiro atoms. The molecule has 7 nitrogen and oxygen atoms in total. The van der Waals surface area contributed by atoms with Crippen LogP contribution in [-0.2, 0) is 17.8 Å². The number of methoxy groups -OCH3 is 1. The summed E-state index contributed by atoms with van der Waals surface area (Å²) < 4.78 is 16.3. The van der Waals surface area contributed by atoms with Crippen LogP contribution in [0.2, 0.25) is 0 Å². The summed E-state index contributed by atoms with van der Waals surface area (Å²) in [7, 11) is 1.60. The van der Waals surface area contributed by atoms with Crippen molar-refractivity contribution in [2.45, 2.75) is 25.5 Å². The lowest BCUT2D eigenvalue weighted by molar-refractivity contribution is -0.163. The molecule has 0 bridgehead atoms. The van der Waals surface area contributed by atoms with Crippen molar-refractivity contribution < 1.29 is 29.2 Å². The van der Waals surface area contributed by atoms with E-state index in [1.165, 1.54) is 0 Å². The summed E-state index contributed by atoms with van der Waals surface area (Å²) in [4.78, 5) is 14.2. The van der Waals surface area contributed by atoms with E-state index >= 15 is 0 Å². The van der Waals surface area contributed by atoms with Crippen LogP contribution in [0.3, 0.4) is 0 Å². The van der Waals surface area contributed by atoms with Crippen LogP contribution in [0.1, 0.15) is 17.5 Å². The highest BCUT2D eigenvalue weighted by atomic mass is 16.7. The molecule has 0 amide bonds. The van der Waals surface area contributed by atoms with Gasteiger partial charge >= 0.3 is 5.97 Å². The van der Waals surface area contributed by atoms with Crippen molar-refractivity contribution in [1.29, 1.82) is 0 Å². The molecule has 2 heterocycles. The molecule has 0 unspecified atom stereocenters. The molecule has 0 aliphatic carbocycles. The topological polar surface area (TPSA) is 88.5 Å². The highest BCUT2D eigenvalue weighted by Gasteiger charge is 2.48. The van der Waals surface area contributed by atoms with E-state index in [2.05, 4.69) is 4.90 Å². The molecule has 0 radical (unpaired) electrons. The molecule has 7 heteroatoms. The third-order valence-corrected chi connectivity index (χ3v) is 5.90. The number of rotatable bonds is 6. The third-order valence-electron chi connectivity index (χ3n) is 5.90. The molecule has 2 aliphatic rings. The zero-order valence-corrected chi connectivity index (χ0v) is 16.3. The minimum Gasteiger partial charge on any atom is -0.496 e. The fourth-order valence-electron chi connectivity index (χ4n) is 4.19. The molecule has 2 aromatic rings. The normalized spacial score (nSPS) is 23.7. The van der Waals surface area contributed by atoms with Crippen LogP contribution in [0.5, 0.6) is 17.2 Å². The first-order chi connectivity index (χ1) is 14.0. The van der Waals surface area contributed by atoms with E-state index < -0.39 is 17.5 Å². The number of aliphatic hydroxyl groups excluding tert-OH is 1. The SMILES string of the molecule is COc1cc2c(cc1CN1CC[C@](Cc3ccccc3)(C(=O)O)[C@H](O)C1)OCO2. The van der Waals surface area contributed by atoms with Gasteiger partial charge in [-0.15, -0.1) is 0 Å².